The van der Waals surface area contributed by atoms with Crippen molar-refractivity contribution in [3.63, 3.8) is 0 Å². The first-order valence-corrected chi connectivity index (χ1v) is 7.89. The van der Waals surface area contributed by atoms with E-state index in [1.807, 2.05) is 13.0 Å². The van der Waals surface area contributed by atoms with Crippen LogP contribution in [0.1, 0.15) is 18.9 Å². The number of hydrogen-bond donors (Lipinski definition) is 1. The Balaban J connectivity index is 2.34. The fourth-order valence-corrected chi connectivity index (χ4v) is 2.17. The topological polar surface area (TPSA) is 72.2 Å². The van der Waals surface area contributed by atoms with Gasteiger partial charge < -0.3 is 5.32 Å². The highest BCUT2D eigenvalue weighted by atomic mass is 32.2. The highest BCUT2D eigenvalue weighted by molar-refractivity contribution is 7.84. The van der Waals surface area contributed by atoms with Gasteiger partial charge in [-0.25, -0.2) is 0 Å². The first-order chi connectivity index (χ1) is 9.02. The second-order valence-corrected chi connectivity index (χ2v) is 6.29. The lowest BCUT2D eigenvalue weighted by Gasteiger charge is -2.09. The van der Waals surface area contributed by atoms with E-state index < -0.39 is 10.8 Å². The van der Waals surface area contributed by atoms with Crippen LogP contribution < -0.4 is 5.32 Å². The smallest absolute Gasteiger partial charge is 0.272 e. The van der Waals surface area contributed by atoms with Crippen molar-refractivity contribution in [2.24, 2.45) is 0 Å². The summed E-state index contributed by atoms with van der Waals surface area (Å²) in [6, 6.07) is 6.79. The number of rotatable bonds is 8. The molecule has 1 aromatic rings. The van der Waals surface area contributed by atoms with Gasteiger partial charge in [-0.3, -0.25) is 14.3 Å². The van der Waals surface area contributed by atoms with Crippen LogP contribution in [-0.2, 0) is 17.2 Å². The Morgan fingerprint density at radius 3 is 2.68 bits per heavy atom. The molecular formula is C13H20N2O3S. The lowest BCUT2D eigenvalue weighted by atomic mass is 10.1. The fraction of sp³-hybridized carbons (Fsp3) is 0.538. The molecule has 1 N–H and O–H groups in total. The molecular weight excluding hydrogens is 264 g/mol. The third-order valence-corrected chi connectivity index (χ3v) is 4.42. The monoisotopic (exact) mass is 284 g/mol. The van der Waals surface area contributed by atoms with Gasteiger partial charge in [0, 0.05) is 33.9 Å². The van der Waals surface area contributed by atoms with Gasteiger partial charge in [0.1, 0.15) is 0 Å². The number of nitrogens with one attached hydrogen (secondary N) is 1. The van der Waals surface area contributed by atoms with Crippen LogP contribution in [0.25, 0.3) is 0 Å². The summed E-state index contributed by atoms with van der Waals surface area (Å²) in [7, 11) is -0.791. The highest BCUT2D eigenvalue weighted by Gasteiger charge is 2.11. The van der Waals surface area contributed by atoms with Crippen molar-refractivity contribution in [1.29, 1.82) is 0 Å². The molecule has 5 nitrogen and oxygen atoms in total. The van der Waals surface area contributed by atoms with E-state index in [-0.39, 0.29) is 15.9 Å². The van der Waals surface area contributed by atoms with Crippen molar-refractivity contribution in [2.45, 2.75) is 25.0 Å². The van der Waals surface area contributed by atoms with Crippen LogP contribution in [0.15, 0.2) is 24.3 Å². The second kappa shape index (κ2) is 8.01. The molecule has 2 atom stereocenters. The molecule has 0 amide bonds. The van der Waals surface area contributed by atoms with E-state index in [9.17, 15) is 14.3 Å². The number of hydrogen-bond acceptors (Lipinski definition) is 4. The molecule has 0 spiro atoms. The SMILES string of the molecule is CC(CCNCCc1ccccc1[N+](=O)[O-])S(C)=O. The zero-order valence-corrected chi connectivity index (χ0v) is 12.1. The summed E-state index contributed by atoms with van der Waals surface area (Å²) < 4.78 is 11.2. The molecule has 106 valence electrons. The van der Waals surface area contributed by atoms with Gasteiger partial charge in [0.25, 0.3) is 5.69 Å². The minimum Gasteiger partial charge on any atom is -0.316 e. The van der Waals surface area contributed by atoms with Gasteiger partial charge in [-0.2, -0.15) is 0 Å². The predicted molar refractivity (Wildman–Crippen MR) is 77.8 cm³/mol. The van der Waals surface area contributed by atoms with Crippen molar-refractivity contribution in [3.8, 4) is 0 Å². The van der Waals surface area contributed by atoms with Crippen LogP contribution in [0.5, 0.6) is 0 Å². The van der Waals surface area contributed by atoms with Crippen molar-refractivity contribution >= 4 is 16.5 Å². The first-order valence-electron chi connectivity index (χ1n) is 6.27. The van der Waals surface area contributed by atoms with E-state index >= 15 is 0 Å². The Labute approximate surface area is 116 Å². The molecule has 0 aliphatic heterocycles. The maximum Gasteiger partial charge on any atom is 0.272 e. The second-order valence-electron chi connectivity index (χ2n) is 4.48. The van der Waals surface area contributed by atoms with E-state index in [1.165, 1.54) is 6.07 Å². The van der Waals surface area contributed by atoms with Gasteiger partial charge in [-0.15, -0.1) is 0 Å². The molecule has 0 aliphatic rings. The minimum absolute atomic E-state index is 0.173. The Morgan fingerprint density at radius 2 is 2.05 bits per heavy atom. The summed E-state index contributed by atoms with van der Waals surface area (Å²) in [6.45, 7) is 3.43. The average Bonchev–Trinajstić information content (AvgIpc) is 2.38. The molecule has 0 aliphatic carbocycles. The lowest BCUT2D eigenvalue weighted by Crippen LogP contribution is -2.23. The maximum atomic E-state index is 11.2. The molecule has 1 aromatic carbocycles. The molecule has 2 unspecified atom stereocenters. The average molecular weight is 284 g/mol. The minimum atomic E-state index is -0.791. The molecule has 0 fully saturated rings. The quantitative estimate of drug-likeness (QED) is 0.449. The van der Waals surface area contributed by atoms with Crippen LogP contribution in [0.4, 0.5) is 5.69 Å². The summed E-state index contributed by atoms with van der Waals surface area (Å²) in [6.07, 6.45) is 3.18. The third-order valence-electron chi connectivity index (χ3n) is 3.05. The maximum absolute atomic E-state index is 11.2. The Hall–Kier alpha value is -1.27. The van der Waals surface area contributed by atoms with Gasteiger partial charge in [0.2, 0.25) is 0 Å². The molecule has 0 saturated carbocycles. The molecule has 0 heterocycles. The first kappa shape index (κ1) is 15.8. The van der Waals surface area contributed by atoms with Crippen LogP contribution in [0.2, 0.25) is 0 Å². The number of nitrogens with zero attached hydrogens (tertiary/aromatic N) is 1. The predicted octanol–water partition coefficient (Wildman–Crippen LogP) is 1.88. The van der Waals surface area contributed by atoms with Crippen molar-refractivity contribution in [2.75, 3.05) is 19.3 Å². The number of nitro groups is 1. The van der Waals surface area contributed by atoms with E-state index in [0.29, 0.717) is 13.0 Å². The van der Waals surface area contributed by atoms with Crippen molar-refractivity contribution in [3.05, 3.63) is 39.9 Å². The number of para-hydroxylation sites is 1. The molecule has 19 heavy (non-hydrogen) atoms. The highest BCUT2D eigenvalue weighted by Crippen LogP contribution is 2.17. The van der Waals surface area contributed by atoms with Gasteiger partial charge in [0.05, 0.1) is 4.92 Å². The third kappa shape index (κ3) is 5.48. The standard InChI is InChI=1S/C13H20N2O3S/c1-11(19(2)18)7-9-14-10-8-12-5-3-4-6-13(12)15(16)17/h3-6,11,14H,7-10H2,1-2H3. The van der Waals surface area contributed by atoms with Crippen LogP contribution >= 0.6 is 0 Å². The van der Waals surface area contributed by atoms with E-state index in [1.54, 1.807) is 18.4 Å². The number of nitro benzene ring substituents is 1. The van der Waals surface area contributed by atoms with Crippen molar-refractivity contribution < 1.29 is 9.13 Å². The van der Waals surface area contributed by atoms with E-state index in [4.69, 9.17) is 0 Å². The van der Waals surface area contributed by atoms with Crippen LogP contribution in [0.3, 0.4) is 0 Å². The molecule has 6 heteroatoms. The summed E-state index contributed by atoms with van der Waals surface area (Å²) in [5.41, 5.74) is 0.916. The number of benzene rings is 1. The molecule has 1 rings (SSSR count). The van der Waals surface area contributed by atoms with Crippen molar-refractivity contribution in [1.82, 2.24) is 5.32 Å². The Kier molecular flexibility index (Phi) is 6.66. The summed E-state index contributed by atoms with van der Waals surface area (Å²) in [5, 5.41) is 14.2. The van der Waals surface area contributed by atoms with Gasteiger partial charge in [0.15, 0.2) is 0 Å². The van der Waals surface area contributed by atoms with Crippen LogP contribution in [-0.4, -0.2) is 33.7 Å². The molecule has 0 saturated heterocycles. The van der Waals surface area contributed by atoms with E-state index in [2.05, 4.69) is 5.32 Å². The fourth-order valence-electron chi connectivity index (χ4n) is 1.72. The normalized spacial score (nSPS) is 14.0. The summed E-state index contributed by atoms with van der Waals surface area (Å²) >= 11 is 0. The van der Waals surface area contributed by atoms with Gasteiger partial charge in [-0.1, -0.05) is 25.1 Å². The van der Waals surface area contributed by atoms with E-state index in [0.717, 1.165) is 18.5 Å². The Bertz CT molecular complexity index is 451. The van der Waals surface area contributed by atoms with Gasteiger partial charge >= 0.3 is 0 Å². The molecule has 0 radical (unpaired) electrons. The molecule has 0 aromatic heterocycles. The molecule has 0 bridgehead atoms. The zero-order chi connectivity index (χ0) is 14.3. The summed E-state index contributed by atoms with van der Waals surface area (Å²) in [4.78, 5) is 10.5. The summed E-state index contributed by atoms with van der Waals surface area (Å²) in [5.74, 6) is 0. The largest absolute Gasteiger partial charge is 0.316 e. The van der Waals surface area contributed by atoms with Gasteiger partial charge in [-0.05, 0) is 25.9 Å². The zero-order valence-electron chi connectivity index (χ0n) is 11.3. The Morgan fingerprint density at radius 1 is 1.37 bits per heavy atom. The lowest BCUT2D eigenvalue weighted by molar-refractivity contribution is -0.385. The van der Waals surface area contributed by atoms with Crippen LogP contribution in [0, 0.1) is 10.1 Å².